The topological polar surface area (TPSA) is 75.4 Å². The second-order valence-electron chi connectivity index (χ2n) is 5.59. The first-order chi connectivity index (χ1) is 9.09. The third-order valence-corrected chi connectivity index (χ3v) is 6.29. The van der Waals surface area contributed by atoms with E-state index in [1.165, 1.54) is 8.99 Å². The zero-order chi connectivity index (χ0) is 15.7. The van der Waals surface area contributed by atoms with Crippen molar-refractivity contribution in [1.29, 1.82) is 0 Å². The number of hydrogen-bond acceptors (Lipinski definition) is 4. The first-order valence-corrected chi connectivity index (χ1v) is 8.17. The number of aryl methyl sites for hydroxylation is 1. The minimum absolute atomic E-state index is 0.0717. The molecule has 1 rings (SSSR count). The molecular formula is C13H25N3O3S. The highest BCUT2D eigenvalue weighted by Gasteiger charge is 2.36. The first-order valence-electron chi connectivity index (χ1n) is 6.73. The van der Waals surface area contributed by atoms with E-state index in [1.807, 2.05) is 20.8 Å². The van der Waals surface area contributed by atoms with E-state index in [0.29, 0.717) is 24.4 Å². The number of aliphatic hydroxyl groups excluding tert-OH is 1. The fraction of sp³-hybridized carbons (Fsp3) is 0.769. The molecule has 0 aliphatic heterocycles. The van der Waals surface area contributed by atoms with Crippen molar-refractivity contribution in [2.75, 3.05) is 13.7 Å². The third-order valence-electron chi connectivity index (χ3n) is 3.96. The summed E-state index contributed by atoms with van der Waals surface area (Å²) in [5.41, 5.74) is 0.571. The highest BCUT2D eigenvalue weighted by Crippen LogP contribution is 2.28. The molecule has 6 nitrogen and oxygen atoms in total. The average Bonchev–Trinajstić information content (AvgIpc) is 2.64. The lowest BCUT2D eigenvalue weighted by Crippen LogP contribution is -2.44. The normalized spacial score (nSPS) is 13.2. The smallest absolute Gasteiger partial charge is 0.246 e. The second kappa shape index (κ2) is 5.83. The van der Waals surface area contributed by atoms with Gasteiger partial charge in [-0.05, 0) is 34.1 Å². The molecule has 0 aromatic carbocycles. The van der Waals surface area contributed by atoms with E-state index in [2.05, 4.69) is 5.10 Å². The van der Waals surface area contributed by atoms with E-state index in [9.17, 15) is 8.42 Å². The fourth-order valence-corrected chi connectivity index (χ4v) is 4.00. The van der Waals surface area contributed by atoms with Crippen molar-refractivity contribution < 1.29 is 13.5 Å². The molecule has 116 valence electrons. The quantitative estimate of drug-likeness (QED) is 0.859. The van der Waals surface area contributed by atoms with E-state index >= 15 is 0 Å². The molecule has 0 aliphatic carbocycles. The Morgan fingerprint density at radius 1 is 1.35 bits per heavy atom. The number of nitrogens with zero attached hydrogens (tertiary/aromatic N) is 3. The van der Waals surface area contributed by atoms with Gasteiger partial charge >= 0.3 is 0 Å². The summed E-state index contributed by atoms with van der Waals surface area (Å²) in [6.45, 7) is 9.37. The molecule has 0 amide bonds. The van der Waals surface area contributed by atoms with Crippen LogP contribution in [0, 0.1) is 13.8 Å². The van der Waals surface area contributed by atoms with Crippen molar-refractivity contribution in [3.8, 4) is 0 Å². The van der Waals surface area contributed by atoms with Gasteiger partial charge in [0.2, 0.25) is 10.0 Å². The molecule has 0 atom stereocenters. The Bertz CT molecular complexity index is 576. The van der Waals surface area contributed by atoms with Gasteiger partial charge in [-0.3, -0.25) is 4.68 Å². The van der Waals surface area contributed by atoms with E-state index in [0.717, 1.165) is 0 Å². The molecule has 0 aliphatic rings. The van der Waals surface area contributed by atoms with Crippen molar-refractivity contribution in [3.05, 3.63) is 11.4 Å². The van der Waals surface area contributed by atoms with Crippen LogP contribution in [-0.4, -0.2) is 46.8 Å². The van der Waals surface area contributed by atoms with Crippen molar-refractivity contribution in [2.45, 2.75) is 58.0 Å². The van der Waals surface area contributed by atoms with Gasteiger partial charge in [0.1, 0.15) is 4.90 Å². The number of sulfonamides is 1. The number of aromatic nitrogens is 2. The minimum atomic E-state index is -3.60. The predicted octanol–water partition coefficient (Wildman–Crippen LogP) is 1.30. The molecule has 0 bridgehead atoms. The molecule has 0 saturated carbocycles. The van der Waals surface area contributed by atoms with Crippen molar-refractivity contribution >= 4 is 10.0 Å². The van der Waals surface area contributed by atoms with Gasteiger partial charge in [0.15, 0.2) is 0 Å². The third kappa shape index (κ3) is 2.89. The van der Waals surface area contributed by atoms with E-state index in [1.54, 1.807) is 20.9 Å². The molecule has 0 saturated heterocycles. The van der Waals surface area contributed by atoms with Crippen molar-refractivity contribution in [1.82, 2.24) is 14.1 Å². The Balaban J connectivity index is 3.37. The summed E-state index contributed by atoms with van der Waals surface area (Å²) in [7, 11) is -2.00. The molecule has 1 aromatic heterocycles. The predicted molar refractivity (Wildman–Crippen MR) is 78.1 cm³/mol. The van der Waals surface area contributed by atoms with Crippen LogP contribution in [-0.2, 0) is 16.6 Å². The van der Waals surface area contributed by atoms with Crippen LogP contribution in [0.2, 0.25) is 0 Å². The molecule has 1 N–H and O–H groups in total. The molecule has 1 heterocycles. The Hall–Kier alpha value is -0.920. The molecule has 0 fully saturated rings. The molecule has 1 aromatic rings. The standard InChI is InChI=1S/C13H25N3O3S/c1-7-13(4,5)15(6)20(18,19)12-10(2)14-16(8-9-17)11(12)3/h17H,7-9H2,1-6H3. The second-order valence-corrected chi connectivity index (χ2v) is 7.49. The maximum atomic E-state index is 12.8. The summed E-state index contributed by atoms with van der Waals surface area (Å²) in [6, 6.07) is 0. The molecule has 0 unspecified atom stereocenters. The summed E-state index contributed by atoms with van der Waals surface area (Å²) in [5, 5.41) is 13.2. The molecule has 20 heavy (non-hydrogen) atoms. The summed E-state index contributed by atoms with van der Waals surface area (Å²) >= 11 is 0. The Labute approximate surface area is 121 Å². The maximum absolute atomic E-state index is 12.8. The van der Waals surface area contributed by atoms with Gasteiger partial charge in [-0.1, -0.05) is 6.92 Å². The van der Waals surface area contributed by atoms with E-state index in [-0.39, 0.29) is 11.5 Å². The van der Waals surface area contributed by atoms with Gasteiger partial charge < -0.3 is 5.11 Å². The summed E-state index contributed by atoms with van der Waals surface area (Å²) < 4.78 is 28.6. The number of hydrogen-bond donors (Lipinski definition) is 1. The largest absolute Gasteiger partial charge is 0.394 e. The zero-order valence-corrected chi connectivity index (χ0v) is 14.0. The van der Waals surface area contributed by atoms with Gasteiger partial charge in [-0.25, -0.2) is 8.42 Å². The lowest BCUT2D eigenvalue weighted by molar-refractivity contribution is 0.256. The monoisotopic (exact) mass is 303 g/mol. The van der Waals surface area contributed by atoms with Crippen LogP contribution in [0.4, 0.5) is 0 Å². The van der Waals surface area contributed by atoms with E-state index in [4.69, 9.17) is 5.11 Å². The van der Waals surface area contributed by atoms with Crippen molar-refractivity contribution in [3.63, 3.8) is 0 Å². The summed E-state index contributed by atoms with van der Waals surface area (Å²) in [4.78, 5) is 0.245. The summed E-state index contributed by atoms with van der Waals surface area (Å²) in [5.74, 6) is 0. The number of rotatable bonds is 6. The zero-order valence-electron chi connectivity index (χ0n) is 13.1. The molecule has 7 heteroatoms. The van der Waals surface area contributed by atoms with Crippen LogP contribution in [0.25, 0.3) is 0 Å². The van der Waals surface area contributed by atoms with Gasteiger partial charge in [-0.2, -0.15) is 9.40 Å². The Kier molecular flexibility index (Phi) is 4.99. The van der Waals surface area contributed by atoms with Crippen LogP contribution in [0.15, 0.2) is 4.90 Å². The lowest BCUT2D eigenvalue weighted by Gasteiger charge is -2.33. The van der Waals surface area contributed by atoms with Crippen LogP contribution >= 0.6 is 0 Å². The molecular weight excluding hydrogens is 278 g/mol. The van der Waals surface area contributed by atoms with Crippen LogP contribution in [0.5, 0.6) is 0 Å². The van der Waals surface area contributed by atoms with E-state index < -0.39 is 15.6 Å². The van der Waals surface area contributed by atoms with Crippen LogP contribution in [0.1, 0.15) is 38.6 Å². The summed E-state index contributed by atoms with van der Waals surface area (Å²) in [6.07, 6.45) is 0.714. The van der Waals surface area contributed by atoms with Gasteiger partial charge in [0, 0.05) is 12.6 Å². The Morgan fingerprint density at radius 2 is 1.90 bits per heavy atom. The molecule has 0 radical (unpaired) electrons. The van der Waals surface area contributed by atoms with Gasteiger partial charge in [0.05, 0.1) is 24.5 Å². The lowest BCUT2D eigenvalue weighted by atomic mass is 10.0. The van der Waals surface area contributed by atoms with Gasteiger partial charge in [0.25, 0.3) is 0 Å². The highest BCUT2D eigenvalue weighted by atomic mass is 32.2. The molecule has 0 spiro atoms. The highest BCUT2D eigenvalue weighted by molar-refractivity contribution is 7.89. The van der Waals surface area contributed by atoms with Crippen molar-refractivity contribution in [2.24, 2.45) is 0 Å². The Morgan fingerprint density at radius 3 is 2.35 bits per heavy atom. The first kappa shape index (κ1) is 17.1. The van der Waals surface area contributed by atoms with Crippen LogP contribution in [0.3, 0.4) is 0 Å². The average molecular weight is 303 g/mol. The van der Waals surface area contributed by atoms with Crippen LogP contribution < -0.4 is 0 Å². The minimum Gasteiger partial charge on any atom is -0.394 e. The van der Waals surface area contributed by atoms with Gasteiger partial charge in [-0.15, -0.1) is 0 Å². The number of aliphatic hydroxyl groups is 1. The fourth-order valence-electron chi connectivity index (χ4n) is 2.05. The maximum Gasteiger partial charge on any atom is 0.246 e. The SMILES string of the molecule is CCC(C)(C)N(C)S(=O)(=O)c1c(C)nn(CCO)c1C.